The van der Waals surface area contributed by atoms with E-state index in [0.29, 0.717) is 17.8 Å². The molecule has 152 valence electrons. The van der Waals surface area contributed by atoms with Gasteiger partial charge in [-0.25, -0.2) is 13.4 Å². The van der Waals surface area contributed by atoms with Gasteiger partial charge in [0.05, 0.1) is 39.1 Å². The number of nitrogens with zero attached hydrogens (tertiary/aromatic N) is 4. The predicted molar refractivity (Wildman–Crippen MR) is 112 cm³/mol. The molecule has 8 nitrogen and oxygen atoms in total. The van der Waals surface area contributed by atoms with Crippen LogP contribution in [0.15, 0.2) is 9.79 Å². The van der Waals surface area contributed by atoms with Crippen LogP contribution in [0.3, 0.4) is 0 Å². The zero-order valence-corrected chi connectivity index (χ0v) is 18.3. The van der Waals surface area contributed by atoms with Crippen molar-refractivity contribution in [1.82, 2.24) is 19.6 Å². The maximum Gasteiger partial charge on any atom is 0.271 e. The van der Waals surface area contributed by atoms with E-state index in [4.69, 9.17) is 0 Å². The van der Waals surface area contributed by atoms with Crippen molar-refractivity contribution in [2.75, 3.05) is 11.5 Å². The van der Waals surface area contributed by atoms with Gasteiger partial charge in [-0.15, -0.1) is 0 Å². The molecule has 0 radical (unpaired) electrons. The van der Waals surface area contributed by atoms with Crippen LogP contribution in [-0.4, -0.2) is 44.5 Å². The summed E-state index contributed by atoms with van der Waals surface area (Å²) in [6, 6.07) is -0.0517. The van der Waals surface area contributed by atoms with Crippen molar-refractivity contribution in [2.24, 2.45) is 4.99 Å². The van der Waals surface area contributed by atoms with E-state index in [1.165, 1.54) is 0 Å². The Hall–Kier alpha value is -1.81. The molecule has 1 N–H and O–H groups in total. The molecular formula is C18H25N5O3S2. The SMILES string of the molecule is CC1=Nc2c(c(=O)[nH]n2C(C)C)[C@H](c2c(C)nn([C@H]3CCS(=O)(=O)C3)c2C)S1. The van der Waals surface area contributed by atoms with Gasteiger partial charge in [0.2, 0.25) is 0 Å². The summed E-state index contributed by atoms with van der Waals surface area (Å²) in [4.78, 5) is 17.4. The molecule has 0 amide bonds. The summed E-state index contributed by atoms with van der Waals surface area (Å²) in [5.74, 6) is 1.01. The largest absolute Gasteiger partial charge is 0.271 e. The molecular weight excluding hydrogens is 398 g/mol. The molecule has 0 saturated carbocycles. The Kier molecular flexibility index (Phi) is 4.61. The zero-order chi connectivity index (χ0) is 20.4. The smallest absolute Gasteiger partial charge is 0.268 e. The summed E-state index contributed by atoms with van der Waals surface area (Å²) in [7, 11) is -3.00. The molecule has 0 aromatic carbocycles. The van der Waals surface area contributed by atoms with Crippen LogP contribution in [0.5, 0.6) is 0 Å². The molecule has 2 aromatic rings. The average Bonchev–Trinajstić information content (AvgIpc) is 3.21. The van der Waals surface area contributed by atoms with Crippen molar-refractivity contribution < 1.29 is 8.42 Å². The lowest BCUT2D eigenvalue weighted by Crippen LogP contribution is -2.16. The molecule has 28 heavy (non-hydrogen) atoms. The van der Waals surface area contributed by atoms with Crippen molar-refractivity contribution in [3.05, 3.63) is 32.9 Å². The molecule has 2 atom stereocenters. The summed E-state index contributed by atoms with van der Waals surface area (Å²) >= 11 is 1.55. The Morgan fingerprint density at radius 3 is 2.54 bits per heavy atom. The van der Waals surface area contributed by atoms with Crippen molar-refractivity contribution in [1.29, 1.82) is 0 Å². The second kappa shape index (κ2) is 6.62. The molecule has 0 aliphatic carbocycles. The first-order chi connectivity index (χ1) is 13.1. The monoisotopic (exact) mass is 423 g/mol. The third kappa shape index (κ3) is 3.06. The third-order valence-corrected chi connectivity index (χ3v) is 8.35. The van der Waals surface area contributed by atoms with Gasteiger partial charge in [-0.05, 0) is 41.0 Å². The minimum absolute atomic E-state index is 0.0883. The number of fused-ring (bicyclic) bond motifs is 1. The van der Waals surface area contributed by atoms with Gasteiger partial charge in [0, 0.05) is 17.3 Å². The maximum absolute atomic E-state index is 12.8. The number of rotatable bonds is 3. The Morgan fingerprint density at radius 1 is 1.21 bits per heavy atom. The highest BCUT2D eigenvalue weighted by Gasteiger charge is 2.36. The normalized spacial score (nSPS) is 23.9. The maximum atomic E-state index is 12.8. The van der Waals surface area contributed by atoms with Crippen molar-refractivity contribution in [3.8, 4) is 0 Å². The van der Waals surface area contributed by atoms with Crippen LogP contribution in [0.2, 0.25) is 0 Å². The summed E-state index contributed by atoms with van der Waals surface area (Å²) in [5.41, 5.74) is 3.25. The van der Waals surface area contributed by atoms with Crippen LogP contribution in [0.4, 0.5) is 5.82 Å². The molecule has 4 heterocycles. The average molecular weight is 424 g/mol. The second-order valence-corrected chi connectivity index (χ2v) is 11.4. The van der Waals surface area contributed by atoms with E-state index < -0.39 is 9.84 Å². The zero-order valence-electron chi connectivity index (χ0n) is 16.7. The van der Waals surface area contributed by atoms with E-state index >= 15 is 0 Å². The van der Waals surface area contributed by atoms with Crippen LogP contribution >= 0.6 is 11.8 Å². The van der Waals surface area contributed by atoms with Crippen LogP contribution in [0.1, 0.15) is 67.0 Å². The van der Waals surface area contributed by atoms with Gasteiger partial charge < -0.3 is 0 Å². The molecule has 0 bridgehead atoms. The first-order valence-corrected chi connectivity index (χ1v) is 12.1. The first kappa shape index (κ1) is 19.5. The van der Waals surface area contributed by atoms with E-state index in [0.717, 1.165) is 22.0 Å². The molecule has 10 heteroatoms. The Balaban J connectivity index is 1.84. The highest BCUT2D eigenvalue weighted by molar-refractivity contribution is 8.14. The Bertz CT molecular complexity index is 1140. The van der Waals surface area contributed by atoms with Crippen molar-refractivity contribution in [2.45, 2.75) is 58.4 Å². The van der Waals surface area contributed by atoms with Gasteiger partial charge in [0.15, 0.2) is 15.7 Å². The number of sulfone groups is 1. The number of hydrogen-bond acceptors (Lipinski definition) is 6. The van der Waals surface area contributed by atoms with E-state index in [2.05, 4.69) is 15.2 Å². The standard InChI is InChI=1S/C18H25N5O3S2/c1-9(2)22-17-15(18(24)21-22)16(27-12(5)19-17)14-10(3)20-23(11(14)4)13-6-7-28(25,26)8-13/h9,13,16H,6-8H2,1-5H3,(H,21,24)/t13-,16-/m0/s1. The molecule has 2 aliphatic rings. The topological polar surface area (TPSA) is 102 Å². The number of hydrogen-bond donors (Lipinski definition) is 1. The predicted octanol–water partition coefficient (Wildman–Crippen LogP) is 2.82. The van der Waals surface area contributed by atoms with Crippen LogP contribution in [0.25, 0.3) is 0 Å². The van der Waals surface area contributed by atoms with Gasteiger partial charge in [-0.3, -0.25) is 19.3 Å². The first-order valence-electron chi connectivity index (χ1n) is 9.41. The van der Waals surface area contributed by atoms with Crippen LogP contribution in [0, 0.1) is 13.8 Å². The van der Waals surface area contributed by atoms with Crippen molar-refractivity contribution in [3.63, 3.8) is 0 Å². The van der Waals surface area contributed by atoms with Crippen LogP contribution < -0.4 is 5.56 Å². The molecule has 4 rings (SSSR count). The fourth-order valence-electron chi connectivity index (χ4n) is 4.17. The number of aromatic nitrogens is 4. The summed E-state index contributed by atoms with van der Waals surface area (Å²) in [5, 5.41) is 8.29. The van der Waals surface area contributed by atoms with Gasteiger partial charge in [0.1, 0.15) is 0 Å². The highest BCUT2D eigenvalue weighted by atomic mass is 32.2. The van der Waals surface area contributed by atoms with Crippen LogP contribution in [-0.2, 0) is 9.84 Å². The molecule has 2 aliphatic heterocycles. The lowest BCUT2D eigenvalue weighted by atomic mass is 10.0. The second-order valence-electron chi connectivity index (χ2n) is 7.86. The van der Waals surface area contributed by atoms with Gasteiger partial charge in [-0.1, -0.05) is 11.8 Å². The number of aliphatic imine (C=N–C) groups is 1. The van der Waals surface area contributed by atoms with Gasteiger partial charge in [0.25, 0.3) is 5.56 Å². The fraction of sp³-hybridized carbons (Fsp3) is 0.611. The molecule has 0 spiro atoms. The summed E-state index contributed by atoms with van der Waals surface area (Å²) in [6.45, 7) is 9.85. The Labute approximate surface area is 168 Å². The van der Waals surface area contributed by atoms with E-state index in [-0.39, 0.29) is 34.4 Å². The summed E-state index contributed by atoms with van der Waals surface area (Å²) in [6.07, 6.45) is 0.581. The highest BCUT2D eigenvalue weighted by Crippen LogP contribution is 2.46. The molecule has 1 fully saturated rings. The quantitative estimate of drug-likeness (QED) is 0.818. The number of thioether (sulfide) groups is 1. The summed E-state index contributed by atoms with van der Waals surface area (Å²) < 4.78 is 27.5. The van der Waals surface area contributed by atoms with Gasteiger partial charge >= 0.3 is 0 Å². The third-order valence-electron chi connectivity index (χ3n) is 5.46. The molecule has 2 aromatic heterocycles. The van der Waals surface area contributed by atoms with Gasteiger partial charge in [-0.2, -0.15) is 5.10 Å². The Morgan fingerprint density at radius 2 is 1.93 bits per heavy atom. The lowest BCUT2D eigenvalue weighted by Gasteiger charge is -2.22. The fourth-order valence-corrected chi connectivity index (χ4v) is 7.13. The number of aromatic amines is 1. The lowest BCUT2D eigenvalue weighted by molar-refractivity contribution is 0.485. The molecule has 1 saturated heterocycles. The molecule has 0 unspecified atom stereocenters. The number of nitrogens with one attached hydrogen (secondary N) is 1. The van der Waals surface area contributed by atoms with E-state index in [1.54, 1.807) is 11.8 Å². The number of aryl methyl sites for hydroxylation is 1. The minimum Gasteiger partial charge on any atom is -0.268 e. The van der Waals surface area contributed by atoms with Crippen molar-refractivity contribution >= 4 is 32.5 Å². The van der Waals surface area contributed by atoms with E-state index in [9.17, 15) is 13.2 Å². The minimum atomic E-state index is -3.00. The number of H-pyrrole nitrogens is 1. The van der Waals surface area contributed by atoms with E-state index in [1.807, 2.05) is 44.0 Å².